The number of likely N-dealkylation sites (N-methyl/N-ethyl adjacent to an activating group) is 1. The smallest absolute Gasteiger partial charge is 0.261 e. The minimum atomic E-state index is -0.406. The van der Waals surface area contributed by atoms with Gasteiger partial charge in [0.2, 0.25) is 0 Å². The van der Waals surface area contributed by atoms with E-state index in [1.165, 1.54) is 7.05 Å². The molecule has 0 fully saturated rings. The number of carbonyl (C=O) groups excluding carboxylic acids is 1. The van der Waals surface area contributed by atoms with Crippen LogP contribution in [0.3, 0.4) is 0 Å². The van der Waals surface area contributed by atoms with Crippen LogP contribution in [0.2, 0.25) is 5.02 Å². The molecular formula is C21H18ClN3O2. The fourth-order valence-electron chi connectivity index (χ4n) is 2.83. The van der Waals surface area contributed by atoms with Crippen molar-refractivity contribution in [2.45, 2.75) is 6.54 Å². The Hall–Kier alpha value is -3.23. The first-order valence-electron chi connectivity index (χ1n) is 8.43. The second-order valence-corrected chi connectivity index (χ2v) is 6.23. The van der Waals surface area contributed by atoms with Crippen molar-refractivity contribution in [3.8, 4) is 11.8 Å². The normalized spacial score (nSPS) is 11.2. The summed E-state index contributed by atoms with van der Waals surface area (Å²) in [5.41, 5.74) is 1.87. The Morgan fingerprint density at radius 2 is 2.00 bits per heavy atom. The lowest BCUT2D eigenvalue weighted by Crippen LogP contribution is -2.19. The highest BCUT2D eigenvalue weighted by Gasteiger charge is 2.11. The molecule has 0 aliphatic carbocycles. The van der Waals surface area contributed by atoms with E-state index in [-0.39, 0.29) is 5.57 Å². The van der Waals surface area contributed by atoms with E-state index < -0.39 is 5.91 Å². The van der Waals surface area contributed by atoms with Crippen LogP contribution in [0.5, 0.6) is 5.75 Å². The molecule has 3 aromatic rings. The lowest BCUT2D eigenvalue weighted by atomic mass is 10.1. The highest BCUT2D eigenvalue weighted by Crippen LogP contribution is 2.25. The van der Waals surface area contributed by atoms with E-state index >= 15 is 0 Å². The molecule has 6 heteroatoms. The summed E-state index contributed by atoms with van der Waals surface area (Å²) in [5, 5.41) is 13.3. The molecule has 0 bridgehead atoms. The van der Waals surface area contributed by atoms with Crippen molar-refractivity contribution in [1.82, 2.24) is 9.88 Å². The van der Waals surface area contributed by atoms with E-state index in [1.807, 2.05) is 59.3 Å². The van der Waals surface area contributed by atoms with Crippen LogP contribution in [0.15, 0.2) is 60.3 Å². The van der Waals surface area contributed by atoms with Gasteiger partial charge >= 0.3 is 0 Å². The van der Waals surface area contributed by atoms with Crippen LogP contribution in [0.4, 0.5) is 0 Å². The first-order valence-corrected chi connectivity index (χ1v) is 8.81. The maximum absolute atomic E-state index is 11.8. The SMILES string of the molecule is CNC(=O)/C(C#N)=C/c1cn(CCOc2ccccc2Cl)c2ccccc12. The van der Waals surface area contributed by atoms with Crippen molar-refractivity contribution in [1.29, 1.82) is 5.26 Å². The second-order valence-electron chi connectivity index (χ2n) is 5.82. The predicted octanol–water partition coefficient (Wildman–Crippen LogP) is 4.03. The van der Waals surface area contributed by atoms with E-state index in [0.717, 1.165) is 16.5 Å². The zero-order valence-corrected chi connectivity index (χ0v) is 15.5. The fraction of sp³-hybridized carbons (Fsp3) is 0.143. The number of benzene rings is 2. The number of rotatable bonds is 6. The minimum absolute atomic E-state index is 0.0627. The topological polar surface area (TPSA) is 67.0 Å². The van der Waals surface area contributed by atoms with Crippen molar-refractivity contribution >= 4 is 34.5 Å². The third kappa shape index (κ3) is 4.13. The number of nitrogens with one attached hydrogen (secondary N) is 1. The molecule has 1 amide bonds. The van der Waals surface area contributed by atoms with Crippen LogP contribution in [0.1, 0.15) is 5.56 Å². The number of para-hydroxylation sites is 2. The molecular weight excluding hydrogens is 362 g/mol. The summed E-state index contributed by atoms with van der Waals surface area (Å²) < 4.78 is 7.81. The van der Waals surface area contributed by atoms with Crippen molar-refractivity contribution < 1.29 is 9.53 Å². The van der Waals surface area contributed by atoms with Crippen molar-refractivity contribution in [3.63, 3.8) is 0 Å². The number of hydrogen-bond acceptors (Lipinski definition) is 3. The van der Waals surface area contributed by atoms with Gasteiger partial charge in [-0.2, -0.15) is 5.26 Å². The van der Waals surface area contributed by atoms with E-state index in [4.69, 9.17) is 16.3 Å². The number of hydrogen-bond donors (Lipinski definition) is 1. The molecule has 136 valence electrons. The average Bonchev–Trinajstić information content (AvgIpc) is 3.04. The monoisotopic (exact) mass is 379 g/mol. The summed E-state index contributed by atoms with van der Waals surface area (Å²) in [4.78, 5) is 11.8. The maximum atomic E-state index is 11.8. The molecule has 0 atom stereocenters. The number of carbonyl (C=O) groups is 1. The third-order valence-electron chi connectivity index (χ3n) is 4.14. The molecule has 1 aromatic heterocycles. The molecule has 0 saturated carbocycles. The van der Waals surface area contributed by atoms with E-state index in [2.05, 4.69) is 5.32 Å². The zero-order chi connectivity index (χ0) is 19.2. The quantitative estimate of drug-likeness (QED) is 0.519. The van der Waals surface area contributed by atoms with Gasteiger partial charge in [0.15, 0.2) is 0 Å². The highest BCUT2D eigenvalue weighted by atomic mass is 35.5. The van der Waals surface area contributed by atoms with Crippen LogP contribution >= 0.6 is 11.6 Å². The van der Waals surface area contributed by atoms with Gasteiger partial charge in [0.1, 0.15) is 24.0 Å². The molecule has 5 nitrogen and oxygen atoms in total. The standard InChI is InChI=1S/C21H18ClN3O2/c1-24-21(26)15(13-23)12-16-14-25(19-8-4-2-6-17(16)19)10-11-27-20-9-5-3-7-18(20)22/h2-9,12,14H,10-11H2,1H3,(H,24,26)/b15-12+. The number of amides is 1. The highest BCUT2D eigenvalue weighted by molar-refractivity contribution is 6.32. The number of aromatic nitrogens is 1. The molecule has 0 saturated heterocycles. The minimum Gasteiger partial charge on any atom is -0.490 e. The number of fused-ring (bicyclic) bond motifs is 1. The summed E-state index contributed by atoms with van der Waals surface area (Å²) in [7, 11) is 1.50. The zero-order valence-electron chi connectivity index (χ0n) is 14.8. The molecule has 1 heterocycles. The Labute approximate surface area is 162 Å². The Morgan fingerprint density at radius 1 is 1.26 bits per heavy atom. The molecule has 0 spiro atoms. The van der Waals surface area contributed by atoms with Gasteiger partial charge in [0.25, 0.3) is 5.91 Å². The van der Waals surface area contributed by atoms with E-state index in [9.17, 15) is 10.1 Å². The second kappa shape index (κ2) is 8.43. The number of nitrogens with zero attached hydrogens (tertiary/aromatic N) is 2. The number of ether oxygens (including phenoxy) is 1. The van der Waals surface area contributed by atoms with Gasteiger partial charge in [0, 0.05) is 29.7 Å². The van der Waals surface area contributed by atoms with E-state index in [1.54, 1.807) is 12.1 Å². The van der Waals surface area contributed by atoms with Gasteiger partial charge in [-0.15, -0.1) is 0 Å². The molecule has 2 aromatic carbocycles. The van der Waals surface area contributed by atoms with Crippen LogP contribution in [-0.4, -0.2) is 24.1 Å². The number of halogens is 1. The summed E-state index contributed by atoms with van der Waals surface area (Å²) >= 11 is 6.11. The van der Waals surface area contributed by atoms with Crippen molar-refractivity contribution in [3.05, 3.63) is 70.9 Å². The third-order valence-corrected chi connectivity index (χ3v) is 4.45. The average molecular weight is 380 g/mol. The Morgan fingerprint density at radius 3 is 2.74 bits per heavy atom. The lowest BCUT2D eigenvalue weighted by molar-refractivity contribution is -0.116. The van der Waals surface area contributed by atoms with E-state index in [0.29, 0.717) is 23.9 Å². The van der Waals surface area contributed by atoms with Crippen LogP contribution < -0.4 is 10.1 Å². The van der Waals surface area contributed by atoms with Gasteiger partial charge in [-0.25, -0.2) is 0 Å². The Balaban J connectivity index is 1.87. The van der Waals surface area contributed by atoms with Crippen LogP contribution in [-0.2, 0) is 11.3 Å². The van der Waals surface area contributed by atoms with Gasteiger partial charge in [0.05, 0.1) is 11.6 Å². The molecule has 27 heavy (non-hydrogen) atoms. The van der Waals surface area contributed by atoms with Gasteiger partial charge in [-0.3, -0.25) is 4.79 Å². The lowest BCUT2D eigenvalue weighted by Gasteiger charge is -2.09. The molecule has 0 aliphatic heterocycles. The predicted molar refractivity (Wildman–Crippen MR) is 107 cm³/mol. The molecule has 1 N–H and O–H groups in total. The first-order chi connectivity index (χ1) is 13.1. The van der Waals surface area contributed by atoms with Gasteiger partial charge in [-0.05, 0) is 24.3 Å². The summed E-state index contributed by atoms with van der Waals surface area (Å²) in [6, 6.07) is 17.1. The molecule has 0 radical (unpaired) electrons. The first kappa shape index (κ1) is 18.6. The van der Waals surface area contributed by atoms with Crippen LogP contribution in [0, 0.1) is 11.3 Å². The summed E-state index contributed by atoms with van der Waals surface area (Å²) in [6.45, 7) is 1.04. The van der Waals surface area contributed by atoms with Gasteiger partial charge < -0.3 is 14.6 Å². The molecule has 0 aliphatic rings. The molecule has 0 unspecified atom stereocenters. The number of nitriles is 1. The van der Waals surface area contributed by atoms with Crippen molar-refractivity contribution in [2.75, 3.05) is 13.7 Å². The molecule has 3 rings (SSSR count). The fourth-order valence-corrected chi connectivity index (χ4v) is 3.02. The largest absolute Gasteiger partial charge is 0.490 e. The van der Waals surface area contributed by atoms with Crippen molar-refractivity contribution in [2.24, 2.45) is 0 Å². The van der Waals surface area contributed by atoms with Crippen LogP contribution in [0.25, 0.3) is 17.0 Å². The Kier molecular flexibility index (Phi) is 5.80. The maximum Gasteiger partial charge on any atom is 0.261 e. The Bertz CT molecular complexity index is 1050. The summed E-state index contributed by atoms with van der Waals surface area (Å²) in [5.74, 6) is 0.235. The summed E-state index contributed by atoms with van der Waals surface area (Å²) in [6.07, 6.45) is 3.52. The van der Waals surface area contributed by atoms with Gasteiger partial charge in [-0.1, -0.05) is 41.9 Å².